The van der Waals surface area contributed by atoms with E-state index in [1.807, 2.05) is 12.3 Å². The molecule has 0 amide bonds. The van der Waals surface area contributed by atoms with E-state index in [9.17, 15) is 17.6 Å². The van der Waals surface area contributed by atoms with Crippen LogP contribution in [0.3, 0.4) is 0 Å². The van der Waals surface area contributed by atoms with Gasteiger partial charge in [0.05, 0.1) is 12.2 Å². The maximum Gasteiger partial charge on any atom is 0.490 e. The summed E-state index contributed by atoms with van der Waals surface area (Å²) in [5.74, 6) is -2.83. The van der Waals surface area contributed by atoms with E-state index in [-0.39, 0.29) is 17.4 Å². The van der Waals surface area contributed by atoms with E-state index < -0.39 is 18.0 Å². The second-order valence-electron chi connectivity index (χ2n) is 7.31. The summed E-state index contributed by atoms with van der Waals surface area (Å²) < 4.78 is 57.0. The van der Waals surface area contributed by atoms with Gasteiger partial charge in [-0.25, -0.2) is 14.2 Å². The third-order valence-corrected chi connectivity index (χ3v) is 5.10. The molecule has 0 bridgehead atoms. The van der Waals surface area contributed by atoms with Gasteiger partial charge in [0.15, 0.2) is 5.82 Å². The summed E-state index contributed by atoms with van der Waals surface area (Å²) in [6.45, 7) is 3.80. The van der Waals surface area contributed by atoms with Gasteiger partial charge in [0, 0.05) is 50.7 Å². The van der Waals surface area contributed by atoms with Crippen molar-refractivity contribution in [2.75, 3.05) is 26.3 Å². The molecule has 2 aromatic rings. The standard InChI is InChI=1S/C18H20FN3O2.C2HF3O2/c19-16-4-2-7-21-17(16)23-11-15-5-8-24-18(15)12-22(13-18)10-14-3-1-6-20-9-14;3-2(4,5)1(6)7/h1-4,6-7,9,15H,5,8,10-13H2;(H,6,7). The van der Waals surface area contributed by atoms with Gasteiger partial charge in [-0.3, -0.25) is 9.88 Å². The van der Waals surface area contributed by atoms with E-state index in [1.54, 1.807) is 12.3 Å². The van der Waals surface area contributed by atoms with Gasteiger partial charge in [-0.05, 0) is 30.2 Å². The molecule has 4 heterocycles. The number of alkyl halides is 3. The highest BCUT2D eigenvalue weighted by Crippen LogP contribution is 2.40. The molecule has 11 heteroatoms. The van der Waals surface area contributed by atoms with E-state index in [0.29, 0.717) is 6.61 Å². The summed E-state index contributed by atoms with van der Waals surface area (Å²) in [6, 6.07) is 6.96. The summed E-state index contributed by atoms with van der Waals surface area (Å²) >= 11 is 0. The number of nitrogens with zero attached hydrogens (tertiary/aromatic N) is 3. The lowest BCUT2D eigenvalue weighted by atomic mass is 9.81. The lowest BCUT2D eigenvalue weighted by Gasteiger charge is -2.50. The third kappa shape index (κ3) is 5.88. The Hall–Kier alpha value is -2.79. The number of pyridine rings is 2. The number of carboxylic acid groups (broad SMARTS) is 1. The van der Waals surface area contributed by atoms with Gasteiger partial charge in [-0.1, -0.05) is 6.07 Å². The Balaban J connectivity index is 0.000000339. The van der Waals surface area contributed by atoms with Crippen LogP contribution in [0.1, 0.15) is 12.0 Å². The van der Waals surface area contributed by atoms with Gasteiger partial charge in [0.2, 0.25) is 5.88 Å². The van der Waals surface area contributed by atoms with Gasteiger partial charge < -0.3 is 14.6 Å². The molecule has 1 spiro atoms. The number of carbonyl (C=O) groups is 1. The number of aromatic nitrogens is 2. The molecule has 0 radical (unpaired) electrons. The lowest BCUT2D eigenvalue weighted by Crippen LogP contribution is -2.64. The minimum Gasteiger partial charge on any atom is -0.475 e. The first kappa shape index (κ1) is 22.9. The van der Waals surface area contributed by atoms with E-state index in [4.69, 9.17) is 19.4 Å². The van der Waals surface area contributed by atoms with Crippen molar-refractivity contribution in [3.05, 3.63) is 54.2 Å². The van der Waals surface area contributed by atoms with Crippen LogP contribution < -0.4 is 4.74 Å². The van der Waals surface area contributed by atoms with Gasteiger partial charge in [-0.15, -0.1) is 0 Å². The number of hydrogen-bond donors (Lipinski definition) is 1. The molecule has 0 aliphatic carbocycles. The van der Waals surface area contributed by atoms with Crippen LogP contribution in [0.4, 0.5) is 17.6 Å². The predicted octanol–water partition coefficient (Wildman–Crippen LogP) is 2.92. The minimum absolute atomic E-state index is 0.0751. The molecular formula is C20H21F4N3O4. The Bertz CT molecular complexity index is 876. The normalized spacial score (nSPS) is 19.9. The van der Waals surface area contributed by atoms with Crippen LogP contribution in [-0.2, 0) is 16.1 Å². The van der Waals surface area contributed by atoms with E-state index in [0.717, 1.165) is 32.7 Å². The zero-order valence-electron chi connectivity index (χ0n) is 16.4. The third-order valence-electron chi connectivity index (χ3n) is 5.10. The monoisotopic (exact) mass is 443 g/mol. The fraction of sp³-hybridized carbons (Fsp3) is 0.450. The van der Waals surface area contributed by atoms with E-state index >= 15 is 0 Å². The number of aliphatic carboxylic acids is 1. The smallest absolute Gasteiger partial charge is 0.475 e. The average molecular weight is 443 g/mol. The first-order chi connectivity index (χ1) is 14.7. The lowest BCUT2D eigenvalue weighted by molar-refractivity contribution is -0.192. The van der Waals surface area contributed by atoms with Crippen molar-refractivity contribution in [2.24, 2.45) is 5.92 Å². The van der Waals surface area contributed by atoms with Crippen LogP contribution in [0.5, 0.6) is 5.88 Å². The molecule has 4 rings (SSSR count). The largest absolute Gasteiger partial charge is 0.490 e. The zero-order valence-corrected chi connectivity index (χ0v) is 16.4. The molecule has 2 saturated heterocycles. The Morgan fingerprint density at radius 2 is 2.00 bits per heavy atom. The molecule has 1 N–H and O–H groups in total. The summed E-state index contributed by atoms with van der Waals surface area (Å²) in [5, 5.41) is 7.12. The summed E-state index contributed by atoms with van der Waals surface area (Å²) in [4.78, 5) is 19.3. The number of rotatable bonds is 5. The highest BCUT2D eigenvalue weighted by molar-refractivity contribution is 5.73. The Morgan fingerprint density at radius 3 is 2.61 bits per heavy atom. The molecule has 2 aromatic heterocycles. The highest BCUT2D eigenvalue weighted by Gasteiger charge is 2.53. The van der Waals surface area contributed by atoms with Gasteiger partial charge in [-0.2, -0.15) is 13.2 Å². The highest BCUT2D eigenvalue weighted by atomic mass is 19.4. The topological polar surface area (TPSA) is 84.8 Å². The molecule has 0 saturated carbocycles. The fourth-order valence-corrected chi connectivity index (χ4v) is 3.60. The van der Waals surface area contributed by atoms with Crippen molar-refractivity contribution in [1.82, 2.24) is 14.9 Å². The van der Waals surface area contributed by atoms with Crippen molar-refractivity contribution < 1.29 is 36.9 Å². The fourth-order valence-electron chi connectivity index (χ4n) is 3.60. The molecular weight excluding hydrogens is 422 g/mol. The molecule has 0 aromatic carbocycles. The average Bonchev–Trinajstić information content (AvgIpc) is 3.11. The van der Waals surface area contributed by atoms with Gasteiger partial charge in [0.25, 0.3) is 0 Å². The second kappa shape index (κ2) is 9.56. The van der Waals surface area contributed by atoms with Crippen LogP contribution in [0.2, 0.25) is 0 Å². The van der Waals surface area contributed by atoms with Crippen LogP contribution >= 0.6 is 0 Å². The minimum atomic E-state index is -5.08. The van der Waals surface area contributed by atoms with Crippen LogP contribution in [0, 0.1) is 11.7 Å². The number of ether oxygens (including phenoxy) is 2. The number of likely N-dealkylation sites (tertiary alicyclic amines) is 1. The maximum absolute atomic E-state index is 13.6. The van der Waals surface area contributed by atoms with Crippen molar-refractivity contribution >= 4 is 5.97 Å². The predicted molar refractivity (Wildman–Crippen MR) is 99.7 cm³/mol. The van der Waals surface area contributed by atoms with E-state index in [2.05, 4.69) is 20.9 Å². The first-order valence-electron chi connectivity index (χ1n) is 9.48. The van der Waals surface area contributed by atoms with Crippen LogP contribution in [-0.4, -0.2) is 64.0 Å². The Kier molecular flexibility index (Phi) is 7.06. The first-order valence-corrected chi connectivity index (χ1v) is 9.48. The summed E-state index contributed by atoms with van der Waals surface area (Å²) in [5.41, 5.74) is 1.04. The molecule has 1 atom stereocenters. The summed E-state index contributed by atoms with van der Waals surface area (Å²) in [7, 11) is 0. The van der Waals surface area contributed by atoms with Crippen molar-refractivity contribution in [1.29, 1.82) is 0 Å². The van der Waals surface area contributed by atoms with Gasteiger partial charge >= 0.3 is 12.1 Å². The Morgan fingerprint density at radius 1 is 1.29 bits per heavy atom. The molecule has 2 aliphatic heterocycles. The van der Waals surface area contributed by atoms with Crippen molar-refractivity contribution in [2.45, 2.75) is 24.7 Å². The number of carboxylic acids is 1. The quantitative estimate of drug-likeness (QED) is 0.712. The van der Waals surface area contributed by atoms with Crippen LogP contribution in [0.25, 0.3) is 0 Å². The Labute approximate surface area is 175 Å². The van der Waals surface area contributed by atoms with Crippen LogP contribution in [0.15, 0.2) is 42.9 Å². The number of hydrogen-bond acceptors (Lipinski definition) is 6. The van der Waals surface area contributed by atoms with Gasteiger partial charge in [0.1, 0.15) is 0 Å². The SMILES string of the molecule is Fc1cccnc1OCC1CCOC12CN(Cc1cccnc1)C2.O=C(O)C(F)(F)F. The maximum atomic E-state index is 13.6. The summed E-state index contributed by atoms with van der Waals surface area (Å²) in [6.07, 6.45) is 1.07. The molecule has 168 valence electrons. The molecule has 31 heavy (non-hydrogen) atoms. The van der Waals surface area contributed by atoms with Crippen molar-refractivity contribution in [3.8, 4) is 5.88 Å². The molecule has 2 fully saturated rings. The second-order valence-corrected chi connectivity index (χ2v) is 7.31. The molecule has 1 unspecified atom stereocenters. The molecule has 2 aliphatic rings. The van der Waals surface area contributed by atoms with Crippen molar-refractivity contribution in [3.63, 3.8) is 0 Å². The zero-order chi connectivity index (χ0) is 22.5. The van der Waals surface area contributed by atoms with E-state index in [1.165, 1.54) is 17.8 Å². The molecule has 7 nitrogen and oxygen atoms in total. The number of halogens is 4.